The Kier molecular flexibility index (Phi) is 6.68. The second-order valence-electron chi connectivity index (χ2n) is 6.41. The molecule has 140 valence electrons. The topological polar surface area (TPSA) is 111 Å². The molecular formula is C18H23N3O4S. The minimum Gasteiger partial charge on any atom is -0.480 e. The van der Waals surface area contributed by atoms with Gasteiger partial charge >= 0.3 is 5.97 Å². The Morgan fingerprint density at radius 1 is 1.19 bits per heavy atom. The molecule has 0 radical (unpaired) electrons. The highest BCUT2D eigenvalue weighted by molar-refractivity contribution is 7.81. The zero-order valence-corrected chi connectivity index (χ0v) is 15.5. The van der Waals surface area contributed by atoms with Gasteiger partial charge in [-0.3, -0.25) is 9.59 Å². The van der Waals surface area contributed by atoms with Crippen molar-refractivity contribution < 1.29 is 19.5 Å². The summed E-state index contributed by atoms with van der Waals surface area (Å²) in [5.41, 5.74) is 1.70. The van der Waals surface area contributed by atoms with Crippen molar-refractivity contribution in [3.8, 4) is 0 Å². The molecule has 0 aliphatic carbocycles. The average molecular weight is 377 g/mol. The van der Waals surface area contributed by atoms with Crippen LogP contribution < -0.4 is 10.6 Å². The van der Waals surface area contributed by atoms with Crippen LogP contribution in [0.1, 0.15) is 19.4 Å². The number of carbonyl (C=O) groups excluding carboxylic acids is 2. The highest BCUT2D eigenvalue weighted by atomic mass is 32.1. The standard InChI is InChI=1S/C18H23N3O4S/c1-10(2)16(21-15(22)9-26)17(23)20-14(18(24)25)7-11-8-19-13-6-4-3-5-12(11)13/h3-6,8,10,14,16,19,26H,7,9H2,1-2H3,(H,20,23)(H,21,22)(H,24,25)/t14-,16-/m0/s1. The first-order valence-corrected chi connectivity index (χ1v) is 8.95. The molecule has 0 aliphatic heterocycles. The molecule has 2 atom stereocenters. The van der Waals surface area contributed by atoms with Crippen LogP contribution in [0.15, 0.2) is 30.5 Å². The molecule has 7 nitrogen and oxygen atoms in total. The Bertz CT molecular complexity index is 803. The SMILES string of the molecule is CC(C)[C@H](NC(=O)CS)C(=O)N[C@@H](Cc1c[nH]c2ccccc12)C(=O)O. The molecule has 8 heteroatoms. The molecular weight excluding hydrogens is 354 g/mol. The number of aliphatic carboxylic acids is 1. The van der Waals surface area contributed by atoms with Crippen LogP contribution in [0.3, 0.4) is 0 Å². The maximum absolute atomic E-state index is 12.5. The van der Waals surface area contributed by atoms with E-state index in [-0.39, 0.29) is 24.0 Å². The summed E-state index contributed by atoms with van der Waals surface area (Å²) in [6.45, 7) is 3.55. The van der Waals surface area contributed by atoms with Crippen LogP contribution in [0.4, 0.5) is 0 Å². The Morgan fingerprint density at radius 2 is 1.88 bits per heavy atom. The van der Waals surface area contributed by atoms with Gasteiger partial charge in [0.15, 0.2) is 0 Å². The van der Waals surface area contributed by atoms with Crippen LogP contribution >= 0.6 is 12.6 Å². The maximum atomic E-state index is 12.5. The van der Waals surface area contributed by atoms with E-state index in [0.29, 0.717) is 0 Å². The zero-order valence-electron chi connectivity index (χ0n) is 14.7. The van der Waals surface area contributed by atoms with Crippen LogP contribution in [0.5, 0.6) is 0 Å². The molecule has 26 heavy (non-hydrogen) atoms. The van der Waals surface area contributed by atoms with E-state index in [1.807, 2.05) is 24.3 Å². The summed E-state index contributed by atoms with van der Waals surface area (Å²) in [6.07, 6.45) is 1.88. The number of aromatic amines is 1. The van der Waals surface area contributed by atoms with Crippen molar-refractivity contribution in [1.82, 2.24) is 15.6 Å². The maximum Gasteiger partial charge on any atom is 0.326 e. The number of fused-ring (bicyclic) bond motifs is 1. The number of H-pyrrole nitrogens is 1. The van der Waals surface area contributed by atoms with Gasteiger partial charge < -0.3 is 20.7 Å². The molecule has 1 heterocycles. The highest BCUT2D eigenvalue weighted by Crippen LogP contribution is 2.19. The van der Waals surface area contributed by atoms with Crippen molar-refractivity contribution in [3.63, 3.8) is 0 Å². The van der Waals surface area contributed by atoms with E-state index in [1.54, 1.807) is 20.0 Å². The molecule has 0 fully saturated rings. The van der Waals surface area contributed by atoms with E-state index in [4.69, 9.17) is 0 Å². The molecule has 2 amide bonds. The van der Waals surface area contributed by atoms with Crippen LogP contribution in [0, 0.1) is 5.92 Å². The number of hydrogen-bond donors (Lipinski definition) is 5. The Hall–Kier alpha value is -2.48. The predicted octanol–water partition coefficient (Wildman–Crippen LogP) is 1.35. The highest BCUT2D eigenvalue weighted by Gasteiger charge is 2.29. The molecule has 4 N–H and O–H groups in total. The normalized spacial score (nSPS) is 13.4. The predicted molar refractivity (Wildman–Crippen MR) is 102 cm³/mol. The molecule has 0 saturated carbocycles. The lowest BCUT2D eigenvalue weighted by molar-refractivity contribution is -0.142. The van der Waals surface area contributed by atoms with Crippen LogP contribution in [-0.4, -0.2) is 45.7 Å². The van der Waals surface area contributed by atoms with Crippen LogP contribution in [0.2, 0.25) is 0 Å². The van der Waals surface area contributed by atoms with E-state index >= 15 is 0 Å². The first-order chi connectivity index (χ1) is 12.3. The molecule has 1 aromatic carbocycles. The number of nitrogens with one attached hydrogen (secondary N) is 3. The van der Waals surface area contributed by atoms with Gasteiger partial charge in [-0.15, -0.1) is 0 Å². The fourth-order valence-electron chi connectivity index (χ4n) is 2.74. The zero-order chi connectivity index (χ0) is 19.3. The summed E-state index contributed by atoms with van der Waals surface area (Å²) >= 11 is 3.88. The number of thiol groups is 1. The first kappa shape index (κ1) is 19.8. The number of benzene rings is 1. The lowest BCUT2D eigenvalue weighted by Crippen LogP contribution is -2.54. The van der Waals surface area contributed by atoms with Crippen LogP contribution in [0.25, 0.3) is 10.9 Å². The minimum atomic E-state index is -1.13. The summed E-state index contributed by atoms with van der Waals surface area (Å²) in [5, 5.41) is 15.5. The number of carbonyl (C=O) groups is 3. The molecule has 0 spiro atoms. The van der Waals surface area contributed by atoms with Gasteiger partial charge in [0.25, 0.3) is 0 Å². The second-order valence-corrected chi connectivity index (χ2v) is 6.73. The average Bonchev–Trinajstić information content (AvgIpc) is 3.01. The fraction of sp³-hybridized carbons (Fsp3) is 0.389. The van der Waals surface area contributed by atoms with Gasteiger partial charge in [0.2, 0.25) is 11.8 Å². The van der Waals surface area contributed by atoms with Gasteiger partial charge in [-0.05, 0) is 17.5 Å². The van der Waals surface area contributed by atoms with E-state index < -0.39 is 24.0 Å². The van der Waals surface area contributed by atoms with Crippen molar-refractivity contribution in [2.45, 2.75) is 32.4 Å². The lowest BCUT2D eigenvalue weighted by Gasteiger charge is -2.23. The smallest absolute Gasteiger partial charge is 0.326 e. The van der Waals surface area contributed by atoms with Gasteiger partial charge in [-0.2, -0.15) is 12.6 Å². The molecule has 0 bridgehead atoms. The van der Waals surface area contributed by atoms with E-state index in [2.05, 4.69) is 28.2 Å². The third kappa shape index (κ3) is 4.78. The van der Waals surface area contributed by atoms with E-state index in [9.17, 15) is 19.5 Å². The summed E-state index contributed by atoms with van der Waals surface area (Å²) in [7, 11) is 0. The second kappa shape index (κ2) is 8.75. The van der Waals surface area contributed by atoms with Crippen molar-refractivity contribution in [3.05, 3.63) is 36.0 Å². The summed E-state index contributed by atoms with van der Waals surface area (Å²) in [5.74, 6) is -2.28. The number of carboxylic acids is 1. The van der Waals surface area contributed by atoms with Gasteiger partial charge in [0.05, 0.1) is 5.75 Å². The fourth-order valence-corrected chi connectivity index (χ4v) is 2.83. The van der Waals surface area contributed by atoms with Crippen LogP contribution in [-0.2, 0) is 20.8 Å². The van der Waals surface area contributed by atoms with Gasteiger partial charge in [-0.25, -0.2) is 4.79 Å². The third-order valence-electron chi connectivity index (χ3n) is 4.12. The molecule has 0 saturated heterocycles. The quantitative estimate of drug-likeness (QED) is 0.447. The minimum absolute atomic E-state index is 0.0474. The van der Waals surface area contributed by atoms with E-state index in [1.165, 1.54) is 0 Å². The Morgan fingerprint density at radius 3 is 2.50 bits per heavy atom. The van der Waals surface area contributed by atoms with Gasteiger partial charge in [-0.1, -0.05) is 32.0 Å². The van der Waals surface area contributed by atoms with Gasteiger partial charge in [0, 0.05) is 23.5 Å². The molecule has 0 aliphatic rings. The number of aromatic nitrogens is 1. The Balaban J connectivity index is 2.15. The lowest BCUT2D eigenvalue weighted by atomic mass is 10.0. The number of hydrogen-bond acceptors (Lipinski definition) is 4. The van der Waals surface area contributed by atoms with Crippen molar-refractivity contribution >= 4 is 41.3 Å². The number of amides is 2. The number of carboxylic acid groups (broad SMARTS) is 1. The summed E-state index contributed by atoms with van der Waals surface area (Å²) in [4.78, 5) is 38.8. The molecule has 0 unspecified atom stereocenters. The number of para-hydroxylation sites is 1. The third-order valence-corrected chi connectivity index (χ3v) is 4.41. The van der Waals surface area contributed by atoms with Gasteiger partial charge in [0.1, 0.15) is 12.1 Å². The largest absolute Gasteiger partial charge is 0.480 e. The van der Waals surface area contributed by atoms with Crippen molar-refractivity contribution in [2.24, 2.45) is 5.92 Å². The summed E-state index contributed by atoms with van der Waals surface area (Å²) < 4.78 is 0. The molecule has 2 rings (SSSR count). The molecule has 1 aromatic heterocycles. The molecule has 2 aromatic rings. The monoisotopic (exact) mass is 377 g/mol. The first-order valence-electron chi connectivity index (χ1n) is 8.31. The Labute approximate surface area is 157 Å². The van der Waals surface area contributed by atoms with E-state index in [0.717, 1.165) is 16.5 Å². The van der Waals surface area contributed by atoms with Crippen molar-refractivity contribution in [1.29, 1.82) is 0 Å². The number of rotatable bonds is 8. The van der Waals surface area contributed by atoms with Crippen molar-refractivity contribution in [2.75, 3.05) is 5.75 Å². The summed E-state index contributed by atoms with van der Waals surface area (Å²) in [6, 6.07) is 5.63.